The van der Waals surface area contributed by atoms with Crippen molar-refractivity contribution in [2.75, 3.05) is 38.2 Å². The van der Waals surface area contributed by atoms with E-state index in [1.54, 1.807) is 18.2 Å². The number of nitrogens with two attached hydrogens (primary N) is 1. The summed E-state index contributed by atoms with van der Waals surface area (Å²) in [6.07, 6.45) is 0.0958. The van der Waals surface area contributed by atoms with E-state index in [9.17, 15) is 4.79 Å². The Hall–Kier alpha value is -1.30. The first-order chi connectivity index (χ1) is 9.08. The van der Waals surface area contributed by atoms with E-state index in [-0.39, 0.29) is 6.10 Å². The van der Waals surface area contributed by atoms with Crippen LogP contribution in [0.3, 0.4) is 0 Å². The highest BCUT2D eigenvalue weighted by atomic mass is 35.5. The summed E-state index contributed by atoms with van der Waals surface area (Å²) < 4.78 is 5.65. The predicted molar refractivity (Wildman–Crippen MR) is 75.8 cm³/mol. The minimum Gasteiger partial charge on any atom is -0.374 e. The number of ether oxygens (including phenoxy) is 1. The van der Waals surface area contributed by atoms with Gasteiger partial charge in [-0.25, -0.2) is 0 Å². The molecule has 5 nitrogen and oxygen atoms in total. The molecule has 1 fully saturated rings. The summed E-state index contributed by atoms with van der Waals surface area (Å²) in [4.78, 5) is 13.4. The van der Waals surface area contributed by atoms with Crippen LogP contribution in [0.25, 0.3) is 0 Å². The average Bonchev–Trinajstić information content (AvgIpc) is 2.39. The van der Waals surface area contributed by atoms with Gasteiger partial charge in [0.15, 0.2) is 0 Å². The van der Waals surface area contributed by atoms with Gasteiger partial charge in [-0.3, -0.25) is 4.79 Å². The molecule has 19 heavy (non-hydrogen) atoms. The third-order valence-corrected chi connectivity index (χ3v) is 3.35. The molecule has 3 N–H and O–H groups in total. The molecule has 0 saturated carbocycles. The lowest BCUT2D eigenvalue weighted by Gasteiger charge is -2.30. The second-order valence-corrected chi connectivity index (χ2v) is 5.04. The van der Waals surface area contributed by atoms with Crippen LogP contribution in [0.4, 0.5) is 5.69 Å². The van der Waals surface area contributed by atoms with Crippen LogP contribution in [0.2, 0.25) is 5.02 Å². The lowest BCUT2D eigenvalue weighted by Crippen LogP contribution is -2.44. The number of morpholine rings is 1. The van der Waals surface area contributed by atoms with Crippen LogP contribution < -0.4 is 16.0 Å². The second-order valence-electron chi connectivity index (χ2n) is 4.60. The Balaban J connectivity index is 2.14. The summed E-state index contributed by atoms with van der Waals surface area (Å²) in [7, 11) is 1.90. The Morgan fingerprint density at radius 3 is 3.05 bits per heavy atom. The van der Waals surface area contributed by atoms with E-state index >= 15 is 0 Å². The number of benzene rings is 1. The lowest BCUT2D eigenvalue weighted by atomic mass is 10.1. The topological polar surface area (TPSA) is 67.6 Å². The molecule has 1 aliphatic rings. The van der Waals surface area contributed by atoms with E-state index in [0.717, 1.165) is 18.8 Å². The third-order valence-electron chi connectivity index (χ3n) is 3.12. The highest BCUT2D eigenvalue weighted by molar-refractivity contribution is 6.31. The van der Waals surface area contributed by atoms with Crippen molar-refractivity contribution in [2.24, 2.45) is 5.73 Å². The van der Waals surface area contributed by atoms with Crippen molar-refractivity contribution >= 4 is 23.2 Å². The van der Waals surface area contributed by atoms with E-state index in [0.29, 0.717) is 23.7 Å². The molecule has 0 spiro atoms. The smallest absolute Gasteiger partial charge is 0.250 e. The lowest BCUT2D eigenvalue weighted by molar-refractivity contribution is 0.0340. The number of halogens is 1. The van der Waals surface area contributed by atoms with Gasteiger partial charge in [0.2, 0.25) is 0 Å². The number of nitrogens with zero attached hydrogens (tertiary/aromatic N) is 1. The van der Waals surface area contributed by atoms with Crippen LogP contribution in [-0.2, 0) is 4.74 Å². The standard InChI is InChI=1S/C13H18ClN3O2/c1-17(8-10-7-16-4-5-19-10)12-6-9(14)2-3-11(12)13(15)18/h2-3,6,10,16H,4-5,7-8H2,1H3,(H2,15,18). The average molecular weight is 284 g/mol. The van der Waals surface area contributed by atoms with Gasteiger partial charge in [0.25, 0.3) is 5.91 Å². The van der Waals surface area contributed by atoms with Crippen LogP contribution >= 0.6 is 11.6 Å². The highest BCUT2D eigenvalue weighted by Crippen LogP contribution is 2.24. The van der Waals surface area contributed by atoms with E-state index in [1.165, 1.54) is 0 Å². The SMILES string of the molecule is CN(CC1CNCCO1)c1cc(Cl)ccc1C(N)=O. The Morgan fingerprint density at radius 2 is 2.42 bits per heavy atom. The van der Waals surface area contributed by atoms with E-state index in [4.69, 9.17) is 22.1 Å². The number of rotatable bonds is 4. The fourth-order valence-electron chi connectivity index (χ4n) is 2.17. The van der Waals surface area contributed by atoms with E-state index in [2.05, 4.69) is 5.32 Å². The maximum absolute atomic E-state index is 11.4. The van der Waals surface area contributed by atoms with Crippen LogP contribution in [0.15, 0.2) is 18.2 Å². The largest absolute Gasteiger partial charge is 0.374 e. The first kappa shape index (κ1) is 14.1. The Kier molecular flexibility index (Phi) is 4.63. The number of hydrogen-bond donors (Lipinski definition) is 2. The molecule has 1 unspecified atom stereocenters. The number of anilines is 1. The number of amides is 1. The number of likely N-dealkylation sites (N-methyl/N-ethyl adjacent to an activating group) is 1. The normalized spacial score (nSPS) is 19.2. The predicted octanol–water partition coefficient (Wildman–Crippen LogP) is 0.863. The van der Waals surface area contributed by atoms with Crippen LogP contribution in [0.1, 0.15) is 10.4 Å². The zero-order valence-electron chi connectivity index (χ0n) is 10.9. The zero-order valence-corrected chi connectivity index (χ0v) is 11.6. The summed E-state index contributed by atoms with van der Waals surface area (Å²) >= 11 is 5.99. The van der Waals surface area contributed by atoms with Gasteiger partial charge in [-0.2, -0.15) is 0 Å². The summed E-state index contributed by atoms with van der Waals surface area (Å²) in [6.45, 7) is 3.06. The van der Waals surface area contributed by atoms with Gasteiger partial charge in [-0.15, -0.1) is 0 Å². The molecule has 1 amide bonds. The molecule has 2 rings (SSSR count). The third kappa shape index (κ3) is 3.59. The molecule has 1 aromatic rings. The summed E-state index contributed by atoms with van der Waals surface area (Å²) in [5.41, 5.74) is 6.58. The number of nitrogens with one attached hydrogen (secondary N) is 1. The quantitative estimate of drug-likeness (QED) is 0.860. The van der Waals surface area contributed by atoms with Crippen molar-refractivity contribution < 1.29 is 9.53 Å². The number of carbonyl (C=O) groups excluding carboxylic acids is 1. The minimum absolute atomic E-state index is 0.0958. The van der Waals surface area contributed by atoms with Gasteiger partial charge in [-0.1, -0.05) is 11.6 Å². The zero-order chi connectivity index (χ0) is 13.8. The molecule has 1 saturated heterocycles. The monoisotopic (exact) mass is 283 g/mol. The van der Waals surface area contributed by atoms with Gasteiger partial charge in [0, 0.05) is 31.7 Å². The van der Waals surface area contributed by atoms with Gasteiger partial charge in [0.1, 0.15) is 0 Å². The second kappa shape index (κ2) is 6.23. The molecule has 0 radical (unpaired) electrons. The van der Waals surface area contributed by atoms with Gasteiger partial charge in [-0.05, 0) is 18.2 Å². The van der Waals surface area contributed by atoms with E-state index < -0.39 is 5.91 Å². The summed E-state index contributed by atoms with van der Waals surface area (Å²) in [5, 5.41) is 3.85. The summed E-state index contributed by atoms with van der Waals surface area (Å²) in [5.74, 6) is -0.457. The molecule has 1 aliphatic heterocycles. The fraction of sp³-hybridized carbons (Fsp3) is 0.462. The molecule has 0 bridgehead atoms. The molecule has 0 aliphatic carbocycles. The molecular formula is C13H18ClN3O2. The Morgan fingerprint density at radius 1 is 1.63 bits per heavy atom. The molecule has 1 heterocycles. The van der Waals surface area contributed by atoms with Crippen molar-refractivity contribution in [3.8, 4) is 0 Å². The van der Waals surface area contributed by atoms with Crippen molar-refractivity contribution in [3.05, 3.63) is 28.8 Å². The molecule has 0 aromatic heterocycles. The van der Waals surface area contributed by atoms with Crippen LogP contribution in [0.5, 0.6) is 0 Å². The van der Waals surface area contributed by atoms with Crippen molar-refractivity contribution in [3.63, 3.8) is 0 Å². The molecular weight excluding hydrogens is 266 g/mol. The Bertz CT molecular complexity index is 461. The minimum atomic E-state index is -0.457. The van der Waals surface area contributed by atoms with Crippen molar-refractivity contribution in [1.29, 1.82) is 0 Å². The number of carbonyl (C=O) groups is 1. The van der Waals surface area contributed by atoms with Crippen molar-refractivity contribution in [1.82, 2.24) is 5.32 Å². The maximum atomic E-state index is 11.4. The van der Waals surface area contributed by atoms with E-state index in [1.807, 2.05) is 11.9 Å². The van der Waals surface area contributed by atoms with Gasteiger partial charge < -0.3 is 20.7 Å². The van der Waals surface area contributed by atoms with Crippen molar-refractivity contribution in [2.45, 2.75) is 6.10 Å². The van der Waals surface area contributed by atoms with Crippen LogP contribution in [-0.4, -0.2) is 45.3 Å². The molecule has 1 aromatic carbocycles. The molecule has 104 valence electrons. The highest BCUT2D eigenvalue weighted by Gasteiger charge is 2.18. The molecule has 1 atom stereocenters. The Labute approximate surface area is 117 Å². The first-order valence-corrected chi connectivity index (χ1v) is 6.58. The van der Waals surface area contributed by atoms with Gasteiger partial charge in [0.05, 0.1) is 24.0 Å². The summed E-state index contributed by atoms with van der Waals surface area (Å²) in [6, 6.07) is 5.06. The van der Waals surface area contributed by atoms with Crippen LogP contribution in [0, 0.1) is 0 Å². The van der Waals surface area contributed by atoms with Gasteiger partial charge >= 0.3 is 0 Å². The fourth-order valence-corrected chi connectivity index (χ4v) is 2.34. The number of primary amides is 1. The molecule has 6 heteroatoms. The number of hydrogen-bond acceptors (Lipinski definition) is 4. The first-order valence-electron chi connectivity index (χ1n) is 6.20. The maximum Gasteiger partial charge on any atom is 0.250 e.